The molecule has 0 fully saturated rings. The number of rotatable bonds is 7. The molecule has 0 unspecified atom stereocenters. The zero-order valence-corrected chi connectivity index (χ0v) is 16.7. The highest BCUT2D eigenvalue weighted by Gasteiger charge is 2.21. The first-order valence-corrected chi connectivity index (χ1v) is 9.13. The molecule has 0 bridgehead atoms. The Balaban J connectivity index is 1.88. The summed E-state index contributed by atoms with van der Waals surface area (Å²) in [6, 6.07) is 12.6. The number of H-pyrrole nitrogens is 1. The second-order valence-electron chi connectivity index (χ2n) is 6.40. The van der Waals surface area contributed by atoms with Gasteiger partial charge < -0.3 is 19.2 Å². The molecular formula is C22H20N4O4. The molecule has 0 saturated carbocycles. The lowest BCUT2D eigenvalue weighted by molar-refractivity contribution is 0.103. The predicted octanol–water partition coefficient (Wildman–Crippen LogP) is 3.52. The summed E-state index contributed by atoms with van der Waals surface area (Å²) >= 11 is 0. The van der Waals surface area contributed by atoms with Gasteiger partial charge in [0.25, 0.3) is 0 Å². The van der Waals surface area contributed by atoms with Gasteiger partial charge in [0.05, 0.1) is 27.0 Å². The van der Waals surface area contributed by atoms with Crippen molar-refractivity contribution >= 4 is 5.78 Å². The van der Waals surface area contributed by atoms with Crippen molar-refractivity contribution in [3.63, 3.8) is 0 Å². The van der Waals surface area contributed by atoms with Gasteiger partial charge in [0.15, 0.2) is 17.3 Å². The largest absolute Gasteiger partial charge is 0.493 e. The van der Waals surface area contributed by atoms with E-state index < -0.39 is 0 Å². The summed E-state index contributed by atoms with van der Waals surface area (Å²) in [6.45, 7) is 0. The molecule has 0 aliphatic heterocycles. The number of hydrogen-bond acceptors (Lipinski definition) is 6. The molecule has 8 nitrogen and oxygen atoms in total. The molecule has 152 valence electrons. The van der Waals surface area contributed by atoms with Crippen LogP contribution in [0.15, 0.2) is 61.3 Å². The molecule has 0 spiro atoms. The molecule has 1 N–H and O–H groups in total. The maximum atomic E-state index is 13.6. The van der Waals surface area contributed by atoms with Crippen LogP contribution >= 0.6 is 0 Å². The molecule has 2 heterocycles. The average molecular weight is 404 g/mol. The summed E-state index contributed by atoms with van der Waals surface area (Å²) in [5.41, 5.74) is 3.23. The first-order chi connectivity index (χ1) is 14.7. The number of nitrogens with one attached hydrogen (secondary N) is 1. The highest BCUT2D eigenvalue weighted by molar-refractivity contribution is 6.13. The molecule has 4 rings (SSSR count). The fraction of sp³-hybridized carbons (Fsp3) is 0.136. The van der Waals surface area contributed by atoms with Crippen LogP contribution in [0.2, 0.25) is 0 Å². The molecule has 30 heavy (non-hydrogen) atoms. The third-order valence-electron chi connectivity index (χ3n) is 4.75. The van der Waals surface area contributed by atoms with E-state index in [0.29, 0.717) is 28.4 Å². The highest BCUT2D eigenvalue weighted by atomic mass is 16.5. The Morgan fingerprint density at radius 3 is 2.33 bits per heavy atom. The lowest BCUT2D eigenvalue weighted by atomic mass is 9.95. The molecule has 0 aliphatic rings. The number of benzene rings is 2. The Kier molecular flexibility index (Phi) is 5.21. The van der Waals surface area contributed by atoms with Crippen LogP contribution in [0.1, 0.15) is 15.9 Å². The molecule has 8 heteroatoms. The van der Waals surface area contributed by atoms with E-state index in [0.717, 1.165) is 16.9 Å². The van der Waals surface area contributed by atoms with Crippen LogP contribution in [0, 0.1) is 0 Å². The van der Waals surface area contributed by atoms with Gasteiger partial charge >= 0.3 is 0 Å². The Morgan fingerprint density at radius 1 is 1.00 bits per heavy atom. The lowest BCUT2D eigenvalue weighted by Gasteiger charge is -2.15. The smallest absolute Gasteiger partial charge is 0.203 e. The molecule has 0 aliphatic carbocycles. The number of ketones is 1. The summed E-state index contributed by atoms with van der Waals surface area (Å²) < 4.78 is 17.8. The van der Waals surface area contributed by atoms with E-state index in [1.165, 1.54) is 27.7 Å². The van der Waals surface area contributed by atoms with Crippen LogP contribution in [0.25, 0.3) is 16.9 Å². The summed E-state index contributed by atoms with van der Waals surface area (Å²) in [7, 11) is 4.55. The number of methoxy groups -OCH3 is 3. The van der Waals surface area contributed by atoms with Crippen molar-refractivity contribution in [2.24, 2.45) is 0 Å². The molecule has 0 atom stereocenters. The first kappa shape index (κ1) is 19.3. The minimum atomic E-state index is -0.194. The van der Waals surface area contributed by atoms with E-state index in [-0.39, 0.29) is 5.78 Å². The molecule has 0 radical (unpaired) electrons. The number of carbonyl (C=O) groups excluding carboxylic acids is 1. The van der Waals surface area contributed by atoms with Gasteiger partial charge in [0.1, 0.15) is 12.7 Å². The van der Waals surface area contributed by atoms with Crippen LogP contribution in [0.3, 0.4) is 0 Å². The Hall–Kier alpha value is -4.07. The quantitative estimate of drug-likeness (QED) is 0.474. The van der Waals surface area contributed by atoms with E-state index in [4.69, 9.17) is 14.2 Å². The molecular weight excluding hydrogens is 384 g/mol. The Bertz CT molecular complexity index is 1140. The lowest BCUT2D eigenvalue weighted by Crippen LogP contribution is -2.07. The highest BCUT2D eigenvalue weighted by Crippen LogP contribution is 2.39. The monoisotopic (exact) mass is 404 g/mol. The van der Waals surface area contributed by atoms with Crippen molar-refractivity contribution in [2.75, 3.05) is 21.3 Å². The summed E-state index contributed by atoms with van der Waals surface area (Å²) in [4.78, 5) is 20.8. The van der Waals surface area contributed by atoms with E-state index >= 15 is 0 Å². The van der Waals surface area contributed by atoms with E-state index in [9.17, 15) is 4.79 Å². The SMILES string of the molecule is COc1cc(C(=O)c2cc(-n3cncn3)ccc2-c2ccc[nH]2)cc(OC)c1OC. The van der Waals surface area contributed by atoms with Gasteiger partial charge in [0, 0.05) is 28.6 Å². The van der Waals surface area contributed by atoms with Gasteiger partial charge in [-0.2, -0.15) is 5.10 Å². The fourth-order valence-electron chi connectivity index (χ4n) is 3.30. The van der Waals surface area contributed by atoms with Gasteiger partial charge in [-0.3, -0.25) is 4.79 Å². The number of ether oxygens (including phenoxy) is 3. The standard InChI is InChI=1S/C22H20N4O4/c1-28-19-9-14(10-20(29-2)22(19)30-3)21(27)17-11-15(26-13-23-12-25-26)6-7-16(17)18-5-4-8-24-18/h4-13,24H,1-3H3. The van der Waals surface area contributed by atoms with Crippen LogP contribution in [-0.2, 0) is 0 Å². The zero-order chi connectivity index (χ0) is 21.1. The van der Waals surface area contributed by atoms with E-state index in [2.05, 4.69) is 15.1 Å². The van der Waals surface area contributed by atoms with Crippen molar-refractivity contribution < 1.29 is 19.0 Å². The van der Waals surface area contributed by atoms with Crippen molar-refractivity contribution in [3.05, 3.63) is 72.4 Å². The van der Waals surface area contributed by atoms with Crippen molar-refractivity contribution in [1.29, 1.82) is 0 Å². The minimum Gasteiger partial charge on any atom is -0.493 e. The van der Waals surface area contributed by atoms with Crippen molar-refractivity contribution in [2.45, 2.75) is 0 Å². The first-order valence-electron chi connectivity index (χ1n) is 9.13. The number of aromatic amines is 1. The fourth-order valence-corrected chi connectivity index (χ4v) is 3.30. The van der Waals surface area contributed by atoms with Crippen LogP contribution in [0.5, 0.6) is 17.2 Å². The number of carbonyl (C=O) groups is 1. The van der Waals surface area contributed by atoms with Crippen molar-refractivity contribution in [3.8, 4) is 34.2 Å². The molecule has 2 aromatic heterocycles. The van der Waals surface area contributed by atoms with E-state index in [1.807, 2.05) is 30.5 Å². The van der Waals surface area contributed by atoms with Gasteiger partial charge in [0.2, 0.25) is 5.75 Å². The molecule has 4 aromatic rings. The van der Waals surface area contributed by atoms with Crippen LogP contribution in [-0.4, -0.2) is 46.9 Å². The van der Waals surface area contributed by atoms with Gasteiger partial charge in [-0.15, -0.1) is 0 Å². The molecule has 2 aromatic carbocycles. The third kappa shape index (κ3) is 3.39. The third-order valence-corrected chi connectivity index (χ3v) is 4.75. The second-order valence-corrected chi connectivity index (χ2v) is 6.40. The maximum absolute atomic E-state index is 13.6. The topological polar surface area (TPSA) is 91.3 Å². The predicted molar refractivity (Wildman–Crippen MR) is 111 cm³/mol. The van der Waals surface area contributed by atoms with E-state index in [1.54, 1.807) is 29.2 Å². The van der Waals surface area contributed by atoms with Gasteiger partial charge in [-0.25, -0.2) is 9.67 Å². The number of nitrogens with zero attached hydrogens (tertiary/aromatic N) is 3. The van der Waals surface area contributed by atoms with Crippen LogP contribution in [0.4, 0.5) is 0 Å². The van der Waals surface area contributed by atoms with Gasteiger partial charge in [-0.1, -0.05) is 6.07 Å². The number of hydrogen-bond donors (Lipinski definition) is 1. The maximum Gasteiger partial charge on any atom is 0.203 e. The Morgan fingerprint density at radius 2 is 1.77 bits per heavy atom. The normalized spacial score (nSPS) is 10.6. The zero-order valence-electron chi connectivity index (χ0n) is 16.7. The molecule has 0 amide bonds. The summed E-state index contributed by atoms with van der Waals surface area (Å²) in [6.07, 6.45) is 4.84. The number of aromatic nitrogens is 4. The summed E-state index contributed by atoms with van der Waals surface area (Å²) in [5, 5.41) is 4.16. The average Bonchev–Trinajstić information content (AvgIpc) is 3.51. The summed E-state index contributed by atoms with van der Waals surface area (Å²) in [5.74, 6) is 1.06. The van der Waals surface area contributed by atoms with Crippen LogP contribution < -0.4 is 14.2 Å². The van der Waals surface area contributed by atoms with Crippen molar-refractivity contribution in [1.82, 2.24) is 19.7 Å². The Labute approximate surface area is 173 Å². The molecule has 0 saturated heterocycles. The second kappa shape index (κ2) is 8.12. The van der Waals surface area contributed by atoms with Gasteiger partial charge in [-0.05, 0) is 36.4 Å². The minimum absolute atomic E-state index is 0.194.